The van der Waals surface area contributed by atoms with Gasteiger partial charge in [-0.05, 0) is 49.2 Å². The highest BCUT2D eigenvalue weighted by Crippen LogP contribution is 2.17. The third-order valence-corrected chi connectivity index (χ3v) is 4.18. The average molecular weight is 356 g/mol. The van der Waals surface area contributed by atoms with E-state index >= 15 is 0 Å². The van der Waals surface area contributed by atoms with Crippen molar-refractivity contribution in [2.45, 2.75) is 31.7 Å². The minimum atomic E-state index is -0.588. The van der Waals surface area contributed by atoms with E-state index in [1.165, 1.54) is 18.4 Å². The molecule has 1 aliphatic carbocycles. The van der Waals surface area contributed by atoms with Crippen LogP contribution in [0, 0.1) is 0 Å². The van der Waals surface area contributed by atoms with Gasteiger partial charge in [-0.2, -0.15) is 0 Å². The summed E-state index contributed by atoms with van der Waals surface area (Å²) >= 11 is 0. The zero-order chi connectivity index (χ0) is 18.4. The molecule has 0 bridgehead atoms. The Morgan fingerprint density at radius 2 is 1.81 bits per heavy atom. The van der Waals surface area contributed by atoms with Crippen LogP contribution in [0.3, 0.4) is 0 Å². The Labute approximate surface area is 150 Å². The number of carbonyl (C=O) groups excluding carboxylic acids is 3. The normalized spacial score (nSPS) is 14.0. The van der Waals surface area contributed by atoms with Crippen molar-refractivity contribution in [3.05, 3.63) is 54.0 Å². The third-order valence-electron chi connectivity index (χ3n) is 4.18. The van der Waals surface area contributed by atoms with Gasteiger partial charge in [-0.25, -0.2) is 4.79 Å². The zero-order valence-corrected chi connectivity index (χ0v) is 14.2. The fraction of sp³-hybridized carbons (Fsp3) is 0.316. The highest BCUT2D eigenvalue weighted by molar-refractivity contribution is 6.02. The highest BCUT2D eigenvalue weighted by atomic mass is 16.5. The molecule has 1 aromatic heterocycles. The van der Waals surface area contributed by atoms with Crippen LogP contribution < -0.4 is 10.6 Å². The van der Waals surface area contributed by atoms with Crippen LogP contribution in [-0.4, -0.2) is 30.4 Å². The van der Waals surface area contributed by atoms with Crippen LogP contribution in [0.4, 0.5) is 5.69 Å². The van der Waals surface area contributed by atoms with Gasteiger partial charge in [0, 0.05) is 11.7 Å². The topological polar surface area (TPSA) is 97.6 Å². The van der Waals surface area contributed by atoms with Gasteiger partial charge in [-0.3, -0.25) is 9.59 Å². The van der Waals surface area contributed by atoms with Crippen LogP contribution in [0.25, 0.3) is 0 Å². The standard InChI is InChI=1S/C19H20N2O5/c22-17(20-14-4-1-2-5-14)12-26-19(24)13-7-9-15(10-8-13)21-18(23)16-6-3-11-25-16/h3,6-11,14H,1-2,4-5,12H2,(H,20,22)(H,21,23). The van der Waals surface area contributed by atoms with Crippen LogP contribution in [0.2, 0.25) is 0 Å². The van der Waals surface area contributed by atoms with E-state index < -0.39 is 5.97 Å². The molecule has 3 rings (SSSR count). The summed E-state index contributed by atoms with van der Waals surface area (Å²) in [6.07, 6.45) is 5.60. The Balaban J connectivity index is 1.47. The molecule has 2 N–H and O–H groups in total. The number of ether oxygens (including phenoxy) is 1. The molecule has 1 aliphatic rings. The van der Waals surface area contributed by atoms with Gasteiger partial charge in [0.2, 0.25) is 0 Å². The molecule has 26 heavy (non-hydrogen) atoms. The van der Waals surface area contributed by atoms with Crippen LogP contribution >= 0.6 is 0 Å². The first-order valence-electron chi connectivity index (χ1n) is 8.53. The fourth-order valence-corrected chi connectivity index (χ4v) is 2.84. The molecule has 2 aromatic rings. The van der Waals surface area contributed by atoms with Crippen LogP contribution in [0.15, 0.2) is 47.1 Å². The summed E-state index contributed by atoms with van der Waals surface area (Å²) in [6, 6.07) is 9.57. The van der Waals surface area contributed by atoms with Gasteiger partial charge in [0.15, 0.2) is 12.4 Å². The molecule has 0 unspecified atom stereocenters. The summed E-state index contributed by atoms with van der Waals surface area (Å²) in [5, 5.41) is 5.51. The number of amides is 2. The summed E-state index contributed by atoms with van der Waals surface area (Å²) in [5.41, 5.74) is 0.816. The van der Waals surface area contributed by atoms with E-state index in [0.717, 1.165) is 25.7 Å². The van der Waals surface area contributed by atoms with Crippen LogP contribution in [-0.2, 0) is 9.53 Å². The SMILES string of the molecule is O=C(COC(=O)c1ccc(NC(=O)c2ccco2)cc1)NC1CCCC1. The molecule has 7 heteroatoms. The van der Waals surface area contributed by atoms with Crippen molar-refractivity contribution in [2.75, 3.05) is 11.9 Å². The van der Waals surface area contributed by atoms with E-state index in [1.807, 2.05) is 0 Å². The molecular weight excluding hydrogens is 336 g/mol. The fourth-order valence-electron chi connectivity index (χ4n) is 2.84. The van der Waals surface area contributed by atoms with Gasteiger partial charge in [0.25, 0.3) is 11.8 Å². The van der Waals surface area contributed by atoms with E-state index in [0.29, 0.717) is 11.3 Å². The molecular formula is C19H20N2O5. The quantitative estimate of drug-likeness (QED) is 0.776. The predicted molar refractivity (Wildman–Crippen MR) is 93.8 cm³/mol. The number of benzene rings is 1. The Morgan fingerprint density at radius 1 is 1.08 bits per heavy atom. The Morgan fingerprint density at radius 3 is 2.46 bits per heavy atom. The maximum atomic E-state index is 12.0. The average Bonchev–Trinajstić information content (AvgIpc) is 3.34. The largest absolute Gasteiger partial charge is 0.459 e. The second kappa shape index (κ2) is 8.33. The van der Waals surface area contributed by atoms with E-state index in [9.17, 15) is 14.4 Å². The number of furan rings is 1. The molecule has 0 aliphatic heterocycles. The lowest BCUT2D eigenvalue weighted by Gasteiger charge is -2.12. The number of carbonyl (C=O) groups is 3. The van der Waals surface area contributed by atoms with Gasteiger partial charge in [0.1, 0.15) is 0 Å². The lowest BCUT2D eigenvalue weighted by molar-refractivity contribution is -0.124. The van der Waals surface area contributed by atoms with E-state index in [4.69, 9.17) is 9.15 Å². The lowest BCUT2D eigenvalue weighted by atomic mass is 10.2. The number of hydrogen-bond donors (Lipinski definition) is 2. The highest BCUT2D eigenvalue weighted by Gasteiger charge is 2.18. The van der Waals surface area contributed by atoms with Gasteiger partial charge in [-0.15, -0.1) is 0 Å². The third kappa shape index (κ3) is 4.72. The lowest BCUT2D eigenvalue weighted by Crippen LogP contribution is -2.35. The molecule has 0 radical (unpaired) electrons. The summed E-state index contributed by atoms with van der Waals surface area (Å²) in [7, 11) is 0. The molecule has 136 valence electrons. The maximum absolute atomic E-state index is 12.0. The minimum Gasteiger partial charge on any atom is -0.459 e. The van der Waals surface area contributed by atoms with Crippen molar-refractivity contribution in [1.82, 2.24) is 5.32 Å². The van der Waals surface area contributed by atoms with E-state index in [1.54, 1.807) is 24.3 Å². The molecule has 0 saturated heterocycles. The van der Waals surface area contributed by atoms with E-state index in [-0.39, 0.29) is 30.2 Å². The van der Waals surface area contributed by atoms with Gasteiger partial charge >= 0.3 is 5.97 Å². The van der Waals surface area contributed by atoms with Crippen molar-refractivity contribution >= 4 is 23.5 Å². The first kappa shape index (κ1) is 17.7. The molecule has 7 nitrogen and oxygen atoms in total. The summed E-state index contributed by atoms with van der Waals surface area (Å²) in [5.74, 6) is -1.06. The summed E-state index contributed by atoms with van der Waals surface area (Å²) in [4.78, 5) is 35.7. The summed E-state index contributed by atoms with van der Waals surface area (Å²) in [6.45, 7) is -0.299. The number of rotatable bonds is 6. The van der Waals surface area contributed by atoms with Crippen molar-refractivity contribution in [3.8, 4) is 0 Å². The number of nitrogens with one attached hydrogen (secondary N) is 2. The number of anilines is 1. The van der Waals surface area contributed by atoms with Crippen molar-refractivity contribution in [1.29, 1.82) is 0 Å². The summed E-state index contributed by atoms with van der Waals surface area (Å²) < 4.78 is 10.0. The molecule has 0 atom stereocenters. The van der Waals surface area contributed by atoms with Gasteiger partial charge in [0.05, 0.1) is 11.8 Å². The van der Waals surface area contributed by atoms with Crippen LogP contribution in [0.5, 0.6) is 0 Å². The molecule has 1 aromatic carbocycles. The first-order valence-corrected chi connectivity index (χ1v) is 8.53. The van der Waals surface area contributed by atoms with Crippen LogP contribution in [0.1, 0.15) is 46.6 Å². The second-order valence-electron chi connectivity index (χ2n) is 6.13. The van der Waals surface area contributed by atoms with Gasteiger partial charge in [-0.1, -0.05) is 12.8 Å². The Hall–Kier alpha value is -3.09. The number of hydrogen-bond acceptors (Lipinski definition) is 5. The molecule has 1 heterocycles. The molecule has 2 amide bonds. The van der Waals surface area contributed by atoms with Crippen molar-refractivity contribution in [3.63, 3.8) is 0 Å². The van der Waals surface area contributed by atoms with Crippen molar-refractivity contribution in [2.24, 2.45) is 0 Å². The van der Waals surface area contributed by atoms with Crippen molar-refractivity contribution < 1.29 is 23.5 Å². The first-order chi connectivity index (χ1) is 12.6. The monoisotopic (exact) mass is 356 g/mol. The molecule has 0 spiro atoms. The zero-order valence-electron chi connectivity index (χ0n) is 14.2. The second-order valence-corrected chi connectivity index (χ2v) is 6.13. The molecule has 1 fully saturated rings. The predicted octanol–water partition coefficient (Wildman–Crippen LogP) is 2.75. The van der Waals surface area contributed by atoms with E-state index in [2.05, 4.69) is 10.6 Å². The Kier molecular flexibility index (Phi) is 5.68. The molecule has 1 saturated carbocycles. The Bertz CT molecular complexity index is 762. The van der Waals surface area contributed by atoms with Gasteiger partial charge < -0.3 is 19.8 Å². The smallest absolute Gasteiger partial charge is 0.338 e. The number of esters is 1. The minimum absolute atomic E-state index is 0.193. The maximum Gasteiger partial charge on any atom is 0.338 e.